The van der Waals surface area contributed by atoms with Crippen LogP contribution in [0.25, 0.3) is 0 Å². The standard InChI is InChI=1S/C23H33N3O3S/c1-6-24-23(25-13-14-29-21-10-8-20(9-11-21)17(2)3)26-16-19-7-12-22(18(4)15-19)30(5,27)28/h7-12,15,17H,6,13-14,16H2,1-5H3,(H2,24,25,26). The molecule has 2 N–H and O–H groups in total. The fourth-order valence-corrected chi connectivity index (χ4v) is 3.98. The normalized spacial score (nSPS) is 12.1. The predicted octanol–water partition coefficient (Wildman–Crippen LogP) is 3.66. The molecule has 0 spiro atoms. The minimum atomic E-state index is -3.21. The van der Waals surface area contributed by atoms with E-state index in [0.29, 0.717) is 36.5 Å². The molecule has 0 aliphatic heterocycles. The van der Waals surface area contributed by atoms with Gasteiger partial charge in [-0.05, 0) is 54.7 Å². The molecule has 2 aromatic rings. The average Bonchev–Trinajstić information content (AvgIpc) is 2.68. The van der Waals surface area contributed by atoms with Crippen LogP contribution in [0.2, 0.25) is 0 Å². The van der Waals surface area contributed by atoms with Crippen molar-refractivity contribution >= 4 is 15.8 Å². The van der Waals surface area contributed by atoms with Gasteiger partial charge in [0.05, 0.1) is 18.0 Å². The molecule has 0 aromatic heterocycles. The molecule has 0 heterocycles. The zero-order chi connectivity index (χ0) is 22.1. The molecule has 2 rings (SSSR count). The van der Waals surface area contributed by atoms with Crippen molar-refractivity contribution in [2.75, 3.05) is 26.0 Å². The summed E-state index contributed by atoms with van der Waals surface area (Å²) in [5.74, 6) is 2.05. The molecule has 0 amide bonds. The third kappa shape index (κ3) is 7.37. The maximum absolute atomic E-state index is 11.8. The molecule has 6 nitrogen and oxygen atoms in total. The van der Waals surface area contributed by atoms with E-state index in [-0.39, 0.29) is 0 Å². The zero-order valence-electron chi connectivity index (χ0n) is 18.5. The van der Waals surface area contributed by atoms with Gasteiger partial charge in [0.25, 0.3) is 0 Å². The summed E-state index contributed by atoms with van der Waals surface area (Å²) in [4.78, 5) is 4.94. The van der Waals surface area contributed by atoms with E-state index in [1.807, 2.05) is 25.1 Å². The van der Waals surface area contributed by atoms with Crippen molar-refractivity contribution in [1.82, 2.24) is 10.6 Å². The van der Waals surface area contributed by atoms with Gasteiger partial charge in [-0.25, -0.2) is 13.4 Å². The molecule has 0 aliphatic carbocycles. The number of aliphatic imine (C=N–C) groups is 1. The molecular weight excluding hydrogens is 398 g/mol. The molecule has 0 radical (unpaired) electrons. The highest BCUT2D eigenvalue weighted by atomic mass is 32.2. The molecule has 0 fully saturated rings. The second-order valence-electron chi connectivity index (χ2n) is 7.57. The van der Waals surface area contributed by atoms with Crippen LogP contribution in [0.1, 0.15) is 43.4 Å². The number of hydrogen-bond acceptors (Lipinski definition) is 4. The van der Waals surface area contributed by atoms with Crippen LogP contribution in [0.3, 0.4) is 0 Å². The highest BCUT2D eigenvalue weighted by Gasteiger charge is 2.10. The van der Waals surface area contributed by atoms with Crippen LogP contribution < -0.4 is 15.4 Å². The van der Waals surface area contributed by atoms with Gasteiger partial charge in [0, 0.05) is 12.8 Å². The minimum absolute atomic E-state index is 0.360. The van der Waals surface area contributed by atoms with E-state index in [9.17, 15) is 8.42 Å². The topological polar surface area (TPSA) is 79.8 Å². The lowest BCUT2D eigenvalue weighted by atomic mass is 10.0. The van der Waals surface area contributed by atoms with Crippen molar-refractivity contribution in [3.63, 3.8) is 0 Å². The summed E-state index contributed by atoms with van der Waals surface area (Å²) in [5.41, 5.74) is 2.99. The molecule has 164 valence electrons. The van der Waals surface area contributed by atoms with Crippen molar-refractivity contribution in [2.24, 2.45) is 4.99 Å². The number of hydrogen-bond donors (Lipinski definition) is 2. The maximum atomic E-state index is 11.8. The van der Waals surface area contributed by atoms with Gasteiger partial charge >= 0.3 is 0 Å². The lowest BCUT2D eigenvalue weighted by molar-refractivity contribution is 0.322. The maximum Gasteiger partial charge on any atom is 0.191 e. The lowest BCUT2D eigenvalue weighted by Gasteiger charge is -2.13. The van der Waals surface area contributed by atoms with Crippen LogP contribution in [0.15, 0.2) is 52.4 Å². The highest BCUT2D eigenvalue weighted by molar-refractivity contribution is 7.90. The van der Waals surface area contributed by atoms with Gasteiger partial charge in [-0.15, -0.1) is 0 Å². The van der Waals surface area contributed by atoms with Gasteiger partial charge in [-0.2, -0.15) is 0 Å². The van der Waals surface area contributed by atoms with Crippen molar-refractivity contribution in [3.05, 3.63) is 59.2 Å². The predicted molar refractivity (Wildman–Crippen MR) is 123 cm³/mol. The first-order valence-electron chi connectivity index (χ1n) is 10.2. The molecule has 2 aromatic carbocycles. The highest BCUT2D eigenvalue weighted by Crippen LogP contribution is 2.18. The number of sulfone groups is 1. The third-order valence-corrected chi connectivity index (χ3v) is 5.87. The molecule has 0 saturated carbocycles. The first-order valence-corrected chi connectivity index (χ1v) is 12.1. The Morgan fingerprint density at radius 1 is 1.10 bits per heavy atom. The van der Waals surface area contributed by atoms with Crippen LogP contribution in [-0.4, -0.2) is 40.3 Å². The van der Waals surface area contributed by atoms with Gasteiger partial charge in [0.1, 0.15) is 12.4 Å². The first-order chi connectivity index (χ1) is 14.2. The monoisotopic (exact) mass is 431 g/mol. The minimum Gasteiger partial charge on any atom is -0.492 e. The van der Waals surface area contributed by atoms with Gasteiger partial charge in [0.2, 0.25) is 0 Å². The third-order valence-electron chi connectivity index (χ3n) is 4.61. The zero-order valence-corrected chi connectivity index (χ0v) is 19.3. The summed E-state index contributed by atoms with van der Waals surface area (Å²) in [6.07, 6.45) is 1.22. The van der Waals surface area contributed by atoms with E-state index in [2.05, 4.69) is 41.6 Å². The van der Waals surface area contributed by atoms with E-state index >= 15 is 0 Å². The number of ether oxygens (including phenoxy) is 1. The molecule has 7 heteroatoms. The van der Waals surface area contributed by atoms with E-state index in [4.69, 9.17) is 4.74 Å². The van der Waals surface area contributed by atoms with Crippen LogP contribution in [-0.2, 0) is 16.4 Å². The summed E-state index contributed by atoms with van der Waals surface area (Å²) >= 11 is 0. The lowest BCUT2D eigenvalue weighted by Crippen LogP contribution is -2.39. The summed E-state index contributed by atoms with van der Waals surface area (Å²) in [7, 11) is -3.21. The van der Waals surface area contributed by atoms with Gasteiger partial charge < -0.3 is 15.4 Å². The molecule has 0 bridgehead atoms. The number of rotatable bonds is 9. The van der Waals surface area contributed by atoms with E-state index in [1.54, 1.807) is 19.1 Å². The van der Waals surface area contributed by atoms with E-state index in [1.165, 1.54) is 11.8 Å². The first kappa shape index (κ1) is 23.7. The summed E-state index contributed by atoms with van der Waals surface area (Å²) in [6.45, 7) is 10.5. The average molecular weight is 432 g/mol. The summed E-state index contributed by atoms with van der Waals surface area (Å²) in [5, 5.41) is 6.47. The van der Waals surface area contributed by atoms with E-state index in [0.717, 1.165) is 23.4 Å². The van der Waals surface area contributed by atoms with Crippen LogP contribution in [0.5, 0.6) is 5.75 Å². The number of guanidine groups is 1. The molecular formula is C23H33N3O3S. The SMILES string of the molecule is CCNC(=NCc1ccc(S(C)(=O)=O)c(C)c1)NCCOc1ccc(C(C)C)cc1. The van der Waals surface area contributed by atoms with Crippen LogP contribution in [0, 0.1) is 6.92 Å². The van der Waals surface area contributed by atoms with Crippen molar-refractivity contribution in [2.45, 2.75) is 45.1 Å². The fraction of sp³-hybridized carbons (Fsp3) is 0.435. The molecule has 0 aliphatic rings. The second kappa shape index (κ2) is 11.0. The second-order valence-corrected chi connectivity index (χ2v) is 9.55. The van der Waals surface area contributed by atoms with Crippen molar-refractivity contribution in [1.29, 1.82) is 0 Å². The van der Waals surface area contributed by atoms with Crippen molar-refractivity contribution in [3.8, 4) is 5.75 Å². The largest absolute Gasteiger partial charge is 0.492 e. The van der Waals surface area contributed by atoms with Crippen LogP contribution in [0.4, 0.5) is 0 Å². The van der Waals surface area contributed by atoms with Crippen molar-refractivity contribution < 1.29 is 13.2 Å². The molecule has 30 heavy (non-hydrogen) atoms. The Labute approximate surface area is 180 Å². The fourth-order valence-electron chi connectivity index (χ4n) is 3.03. The Balaban J connectivity index is 1.89. The van der Waals surface area contributed by atoms with E-state index < -0.39 is 9.84 Å². The smallest absolute Gasteiger partial charge is 0.191 e. The molecule has 0 unspecified atom stereocenters. The molecule has 0 saturated heterocycles. The quantitative estimate of drug-likeness (QED) is 0.360. The van der Waals surface area contributed by atoms with Gasteiger partial charge in [-0.1, -0.05) is 38.1 Å². The Bertz CT molecular complexity index is 952. The number of benzene rings is 2. The van der Waals surface area contributed by atoms with Crippen LogP contribution >= 0.6 is 0 Å². The number of nitrogens with zero attached hydrogens (tertiary/aromatic N) is 1. The molecule has 0 atom stereocenters. The number of nitrogens with one attached hydrogen (secondary N) is 2. The Morgan fingerprint density at radius 2 is 1.80 bits per heavy atom. The Hall–Kier alpha value is -2.54. The Kier molecular flexibility index (Phi) is 8.72. The van der Waals surface area contributed by atoms with Gasteiger partial charge in [0.15, 0.2) is 15.8 Å². The summed E-state index contributed by atoms with van der Waals surface area (Å²) in [6, 6.07) is 13.5. The summed E-state index contributed by atoms with van der Waals surface area (Å²) < 4.78 is 29.3. The number of aryl methyl sites for hydroxylation is 1. The Morgan fingerprint density at radius 3 is 2.37 bits per heavy atom. The van der Waals surface area contributed by atoms with Gasteiger partial charge in [-0.3, -0.25) is 0 Å².